The maximum atomic E-state index is 9.68. The van der Waals surface area contributed by atoms with E-state index in [2.05, 4.69) is 55.4 Å². The van der Waals surface area contributed by atoms with Gasteiger partial charge in [0.25, 0.3) is 0 Å². The quantitative estimate of drug-likeness (QED) is 0.591. The van der Waals surface area contributed by atoms with Crippen molar-refractivity contribution >= 4 is 5.96 Å². The topological polar surface area (TPSA) is 57.1 Å². The van der Waals surface area contributed by atoms with Crippen LogP contribution >= 0.6 is 0 Å². The van der Waals surface area contributed by atoms with Crippen LogP contribution in [0.2, 0.25) is 0 Å². The Morgan fingerprint density at radius 3 is 2.69 bits per heavy atom. The fourth-order valence-corrected chi connectivity index (χ4v) is 2.76. The van der Waals surface area contributed by atoms with Crippen LogP contribution in [0.5, 0.6) is 11.5 Å². The number of phenolic OH excluding ortho intramolecular Hbond substituents is 1. The Morgan fingerprint density at radius 1 is 1.23 bits per heavy atom. The van der Waals surface area contributed by atoms with Gasteiger partial charge >= 0.3 is 0 Å². The number of aromatic hydroxyl groups is 1. The van der Waals surface area contributed by atoms with Crippen molar-refractivity contribution in [3.63, 3.8) is 0 Å². The van der Waals surface area contributed by atoms with Gasteiger partial charge in [0.15, 0.2) is 17.5 Å². The lowest BCUT2D eigenvalue weighted by atomic mass is 10.1. The second-order valence-electron chi connectivity index (χ2n) is 6.27. The summed E-state index contributed by atoms with van der Waals surface area (Å²) in [5.74, 6) is 1.54. The number of aliphatic imine (C=N–C) groups is 1. The number of nitrogens with zero attached hydrogens (tertiary/aromatic N) is 2. The van der Waals surface area contributed by atoms with Gasteiger partial charge in [-0.25, -0.2) is 0 Å². The van der Waals surface area contributed by atoms with Crippen molar-refractivity contribution in [3.8, 4) is 11.5 Å². The molecule has 0 aliphatic carbocycles. The van der Waals surface area contributed by atoms with Crippen LogP contribution in [0.3, 0.4) is 0 Å². The zero-order chi connectivity index (χ0) is 18.9. The molecule has 0 unspecified atom stereocenters. The van der Waals surface area contributed by atoms with E-state index in [1.807, 2.05) is 12.1 Å². The van der Waals surface area contributed by atoms with Gasteiger partial charge in [0.05, 0.1) is 7.11 Å². The zero-order valence-corrected chi connectivity index (χ0v) is 16.1. The van der Waals surface area contributed by atoms with Gasteiger partial charge in [-0.3, -0.25) is 4.99 Å². The largest absolute Gasteiger partial charge is 0.504 e. The molecule has 26 heavy (non-hydrogen) atoms. The number of nitrogens with one attached hydrogen (secondary N) is 1. The number of hydrogen-bond acceptors (Lipinski definition) is 3. The Balaban J connectivity index is 2.02. The molecule has 0 saturated carbocycles. The summed E-state index contributed by atoms with van der Waals surface area (Å²) in [5.41, 5.74) is 3.66. The van der Waals surface area contributed by atoms with E-state index in [1.165, 1.54) is 11.1 Å². The molecule has 0 saturated heterocycles. The summed E-state index contributed by atoms with van der Waals surface area (Å²) in [6.07, 6.45) is 0.781. The maximum absolute atomic E-state index is 9.68. The molecule has 0 bridgehead atoms. The molecular weight excluding hydrogens is 326 g/mol. The van der Waals surface area contributed by atoms with Crippen LogP contribution in [0, 0.1) is 6.92 Å². The highest BCUT2D eigenvalue weighted by molar-refractivity contribution is 5.79. The maximum Gasteiger partial charge on any atom is 0.193 e. The highest BCUT2D eigenvalue weighted by atomic mass is 16.5. The number of rotatable bonds is 7. The number of hydrogen-bond donors (Lipinski definition) is 2. The number of guanidine groups is 1. The fraction of sp³-hybridized carbons (Fsp3) is 0.381. The average Bonchev–Trinajstić information content (AvgIpc) is 2.64. The minimum Gasteiger partial charge on any atom is -0.504 e. The third kappa shape index (κ3) is 5.41. The molecule has 0 fully saturated rings. The van der Waals surface area contributed by atoms with Crippen LogP contribution in [0.4, 0.5) is 0 Å². The van der Waals surface area contributed by atoms with Gasteiger partial charge in [0, 0.05) is 26.7 Å². The van der Waals surface area contributed by atoms with Crippen molar-refractivity contribution in [2.45, 2.75) is 26.8 Å². The highest BCUT2D eigenvalue weighted by Gasteiger charge is 2.08. The molecule has 2 N–H and O–H groups in total. The Kier molecular flexibility index (Phi) is 7.33. The van der Waals surface area contributed by atoms with E-state index >= 15 is 0 Å². The van der Waals surface area contributed by atoms with E-state index in [-0.39, 0.29) is 5.75 Å². The Bertz CT molecular complexity index is 744. The predicted molar refractivity (Wildman–Crippen MR) is 107 cm³/mol. The first-order valence-electron chi connectivity index (χ1n) is 8.95. The molecule has 0 aromatic heterocycles. The number of methoxy groups -OCH3 is 1. The van der Waals surface area contributed by atoms with Gasteiger partial charge in [0.2, 0.25) is 0 Å². The Hall–Kier alpha value is -2.69. The third-order valence-corrected chi connectivity index (χ3v) is 4.27. The number of benzene rings is 2. The monoisotopic (exact) mass is 355 g/mol. The first kappa shape index (κ1) is 19.6. The van der Waals surface area contributed by atoms with Gasteiger partial charge in [0.1, 0.15) is 0 Å². The molecule has 0 radical (unpaired) electrons. The van der Waals surface area contributed by atoms with Gasteiger partial charge in [-0.2, -0.15) is 0 Å². The van der Waals surface area contributed by atoms with E-state index < -0.39 is 0 Å². The molecule has 0 aliphatic heterocycles. The molecule has 2 aromatic carbocycles. The molecule has 2 rings (SSSR count). The second kappa shape index (κ2) is 9.70. The fourth-order valence-electron chi connectivity index (χ4n) is 2.76. The number of aryl methyl sites for hydroxylation is 1. The van der Waals surface area contributed by atoms with Crippen molar-refractivity contribution < 1.29 is 9.84 Å². The molecular formula is C21H29N3O2. The molecule has 0 amide bonds. The minimum atomic E-state index is 0.158. The Morgan fingerprint density at radius 2 is 2.00 bits per heavy atom. The SMILES string of the molecule is CCNC(=NCCc1ccc(O)c(OC)c1)N(C)Cc1ccccc1C. The van der Waals surface area contributed by atoms with E-state index in [0.29, 0.717) is 12.3 Å². The molecule has 140 valence electrons. The first-order valence-corrected chi connectivity index (χ1v) is 8.95. The van der Waals surface area contributed by atoms with Crippen molar-refractivity contribution in [1.29, 1.82) is 0 Å². The normalized spacial score (nSPS) is 11.3. The number of ether oxygens (including phenoxy) is 1. The van der Waals surface area contributed by atoms with Crippen LogP contribution in [0.25, 0.3) is 0 Å². The summed E-state index contributed by atoms with van der Waals surface area (Å²) in [4.78, 5) is 6.88. The van der Waals surface area contributed by atoms with Crippen LogP contribution in [0.15, 0.2) is 47.5 Å². The van der Waals surface area contributed by atoms with Gasteiger partial charge in [-0.05, 0) is 49.1 Å². The van der Waals surface area contributed by atoms with E-state index in [4.69, 9.17) is 9.73 Å². The highest BCUT2D eigenvalue weighted by Crippen LogP contribution is 2.26. The zero-order valence-electron chi connectivity index (χ0n) is 16.1. The molecule has 0 spiro atoms. The summed E-state index contributed by atoms with van der Waals surface area (Å²) >= 11 is 0. The molecule has 0 aliphatic rings. The minimum absolute atomic E-state index is 0.158. The summed E-state index contributed by atoms with van der Waals surface area (Å²) in [5, 5.41) is 13.0. The van der Waals surface area contributed by atoms with E-state index in [9.17, 15) is 5.11 Å². The van der Waals surface area contributed by atoms with Crippen molar-refractivity contribution in [3.05, 3.63) is 59.2 Å². The van der Waals surface area contributed by atoms with E-state index in [1.54, 1.807) is 13.2 Å². The summed E-state index contributed by atoms with van der Waals surface area (Å²) < 4.78 is 5.16. The summed E-state index contributed by atoms with van der Waals surface area (Å²) in [7, 11) is 3.61. The Labute approximate surface area is 156 Å². The lowest BCUT2D eigenvalue weighted by Crippen LogP contribution is -2.38. The molecule has 5 nitrogen and oxygen atoms in total. The standard InChI is InChI=1S/C21H29N3O2/c1-5-22-21(24(3)15-18-9-7-6-8-16(18)2)23-13-12-17-10-11-19(25)20(14-17)26-4/h6-11,14,25H,5,12-13,15H2,1-4H3,(H,22,23). The van der Waals surface area contributed by atoms with Crippen LogP contribution in [-0.4, -0.2) is 43.2 Å². The van der Waals surface area contributed by atoms with Gasteiger partial charge in [-0.15, -0.1) is 0 Å². The van der Waals surface area contributed by atoms with Crippen molar-refractivity contribution in [2.24, 2.45) is 4.99 Å². The van der Waals surface area contributed by atoms with Crippen LogP contribution in [0.1, 0.15) is 23.6 Å². The third-order valence-electron chi connectivity index (χ3n) is 4.27. The molecule has 5 heteroatoms. The van der Waals surface area contributed by atoms with Crippen LogP contribution < -0.4 is 10.1 Å². The van der Waals surface area contributed by atoms with Crippen molar-refractivity contribution in [2.75, 3.05) is 27.2 Å². The molecule has 0 atom stereocenters. The summed E-state index contributed by atoms with van der Waals surface area (Å²) in [6, 6.07) is 13.8. The van der Waals surface area contributed by atoms with E-state index in [0.717, 1.165) is 31.0 Å². The smallest absolute Gasteiger partial charge is 0.193 e. The van der Waals surface area contributed by atoms with Gasteiger partial charge in [-0.1, -0.05) is 30.3 Å². The molecule has 0 heterocycles. The van der Waals surface area contributed by atoms with Crippen LogP contribution in [-0.2, 0) is 13.0 Å². The number of phenols is 1. The lowest BCUT2D eigenvalue weighted by molar-refractivity contribution is 0.373. The average molecular weight is 355 g/mol. The first-order chi connectivity index (χ1) is 12.5. The van der Waals surface area contributed by atoms with Gasteiger partial charge < -0.3 is 20.1 Å². The van der Waals surface area contributed by atoms with Crippen molar-refractivity contribution in [1.82, 2.24) is 10.2 Å². The lowest BCUT2D eigenvalue weighted by Gasteiger charge is -2.23. The summed E-state index contributed by atoms with van der Waals surface area (Å²) in [6.45, 7) is 6.50. The molecule has 2 aromatic rings. The predicted octanol–water partition coefficient (Wildman–Crippen LogP) is 3.35. The second-order valence-corrected chi connectivity index (χ2v) is 6.27.